The van der Waals surface area contributed by atoms with Gasteiger partial charge in [0.1, 0.15) is 17.5 Å². The lowest BCUT2D eigenvalue weighted by molar-refractivity contribution is -0.0394. The van der Waals surface area contributed by atoms with E-state index in [2.05, 4.69) is 28.4 Å². The normalized spacial score (nSPS) is 18.0. The molecule has 1 aliphatic heterocycles. The topological polar surface area (TPSA) is 49.2 Å². The summed E-state index contributed by atoms with van der Waals surface area (Å²) in [4.78, 5) is 4.65. The number of rotatable bonds is 3. The molecule has 5 heteroatoms. The molecule has 1 atom stereocenters. The van der Waals surface area contributed by atoms with Crippen LogP contribution in [-0.2, 0) is 4.74 Å². The molecule has 0 unspecified atom stereocenters. The van der Waals surface area contributed by atoms with E-state index in [4.69, 9.17) is 9.47 Å². The standard InChI is InChI=1S/C19H21N3O2/c1-13-6-7-16-15(8-9-17(23-2)19(16)21-13)14-11-20-22(12-14)18-5-3-4-10-24-18/h6-9,11-12,18H,3-5,10H2,1-2H3/t18-/m0/s1. The van der Waals surface area contributed by atoms with Gasteiger partial charge in [0.05, 0.1) is 13.3 Å². The van der Waals surface area contributed by atoms with E-state index in [1.54, 1.807) is 7.11 Å². The van der Waals surface area contributed by atoms with Gasteiger partial charge in [0.25, 0.3) is 0 Å². The van der Waals surface area contributed by atoms with Crippen molar-refractivity contribution in [2.45, 2.75) is 32.4 Å². The minimum absolute atomic E-state index is 0.0531. The number of aromatic nitrogens is 3. The number of pyridine rings is 1. The number of fused-ring (bicyclic) bond motifs is 1. The van der Waals surface area contributed by atoms with Crippen LogP contribution in [0.3, 0.4) is 0 Å². The average Bonchev–Trinajstić information content (AvgIpc) is 3.11. The zero-order valence-electron chi connectivity index (χ0n) is 14.0. The molecule has 3 aromatic rings. The van der Waals surface area contributed by atoms with Crippen molar-refractivity contribution in [1.29, 1.82) is 0 Å². The number of ether oxygens (including phenoxy) is 2. The summed E-state index contributed by atoms with van der Waals surface area (Å²) in [5.41, 5.74) is 4.05. The molecule has 24 heavy (non-hydrogen) atoms. The SMILES string of the molecule is COc1ccc(-c2cnn([C@@H]3CCCCO3)c2)c2ccc(C)nc12. The van der Waals surface area contributed by atoms with Gasteiger partial charge in [-0.15, -0.1) is 0 Å². The summed E-state index contributed by atoms with van der Waals surface area (Å²) in [6.45, 7) is 2.80. The Kier molecular flexibility index (Phi) is 3.94. The second kappa shape index (κ2) is 6.24. The maximum absolute atomic E-state index is 5.82. The van der Waals surface area contributed by atoms with E-state index in [0.29, 0.717) is 0 Å². The molecule has 1 fully saturated rings. The van der Waals surface area contributed by atoms with Gasteiger partial charge in [0, 0.05) is 29.4 Å². The maximum atomic E-state index is 5.82. The van der Waals surface area contributed by atoms with E-state index >= 15 is 0 Å². The summed E-state index contributed by atoms with van der Waals surface area (Å²) in [5.74, 6) is 0.792. The third-order valence-electron chi connectivity index (χ3n) is 4.54. The van der Waals surface area contributed by atoms with Gasteiger partial charge in [-0.25, -0.2) is 9.67 Å². The Morgan fingerprint density at radius 1 is 1.21 bits per heavy atom. The van der Waals surface area contributed by atoms with Crippen LogP contribution in [0.5, 0.6) is 5.75 Å². The first-order chi connectivity index (χ1) is 11.8. The zero-order valence-corrected chi connectivity index (χ0v) is 14.0. The summed E-state index contributed by atoms with van der Waals surface area (Å²) in [6.07, 6.45) is 7.37. The first kappa shape index (κ1) is 15.1. The quantitative estimate of drug-likeness (QED) is 0.727. The van der Waals surface area contributed by atoms with Crippen LogP contribution < -0.4 is 4.74 Å². The lowest BCUT2D eigenvalue weighted by Gasteiger charge is -2.22. The molecular weight excluding hydrogens is 302 g/mol. The summed E-state index contributed by atoms with van der Waals surface area (Å²) >= 11 is 0. The molecule has 3 heterocycles. The summed E-state index contributed by atoms with van der Waals surface area (Å²) in [5, 5.41) is 5.60. The third kappa shape index (κ3) is 2.65. The summed E-state index contributed by atoms with van der Waals surface area (Å²) < 4.78 is 13.2. The second-order valence-electron chi connectivity index (χ2n) is 6.19. The molecule has 124 valence electrons. The molecule has 0 radical (unpaired) electrons. The van der Waals surface area contributed by atoms with E-state index in [9.17, 15) is 0 Å². The molecular formula is C19H21N3O2. The van der Waals surface area contributed by atoms with Crippen LogP contribution in [0.4, 0.5) is 0 Å². The largest absolute Gasteiger partial charge is 0.494 e. The summed E-state index contributed by atoms with van der Waals surface area (Å²) in [7, 11) is 1.68. The lowest BCUT2D eigenvalue weighted by atomic mass is 10.0. The number of methoxy groups -OCH3 is 1. The molecule has 0 amide bonds. The molecule has 5 nitrogen and oxygen atoms in total. The van der Waals surface area contributed by atoms with Crippen molar-refractivity contribution < 1.29 is 9.47 Å². The number of nitrogens with zero attached hydrogens (tertiary/aromatic N) is 3. The maximum Gasteiger partial charge on any atom is 0.150 e. The Morgan fingerprint density at radius 3 is 2.92 bits per heavy atom. The van der Waals surface area contributed by atoms with Gasteiger partial charge >= 0.3 is 0 Å². The van der Waals surface area contributed by atoms with Crippen LogP contribution >= 0.6 is 0 Å². The molecule has 4 rings (SSSR count). The van der Waals surface area contributed by atoms with Crippen molar-refractivity contribution in [3.63, 3.8) is 0 Å². The van der Waals surface area contributed by atoms with E-state index in [-0.39, 0.29) is 6.23 Å². The molecule has 0 bridgehead atoms. The predicted molar refractivity (Wildman–Crippen MR) is 93.1 cm³/mol. The fourth-order valence-corrected chi connectivity index (χ4v) is 3.27. The van der Waals surface area contributed by atoms with Gasteiger partial charge < -0.3 is 9.47 Å². The molecule has 0 saturated carbocycles. The monoisotopic (exact) mass is 323 g/mol. The van der Waals surface area contributed by atoms with Crippen LogP contribution in [0.25, 0.3) is 22.0 Å². The van der Waals surface area contributed by atoms with Gasteiger partial charge in [-0.1, -0.05) is 6.07 Å². The predicted octanol–water partition coefficient (Wildman–Crippen LogP) is 4.11. The fraction of sp³-hybridized carbons (Fsp3) is 0.368. The zero-order chi connectivity index (χ0) is 16.5. The van der Waals surface area contributed by atoms with E-state index in [1.165, 1.54) is 6.42 Å². The van der Waals surface area contributed by atoms with Crippen molar-refractivity contribution in [3.05, 3.63) is 42.4 Å². The minimum Gasteiger partial charge on any atom is -0.494 e. The van der Waals surface area contributed by atoms with Crippen molar-refractivity contribution in [1.82, 2.24) is 14.8 Å². The van der Waals surface area contributed by atoms with Gasteiger partial charge in [-0.2, -0.15) is 5.10 Å². The van der Waals surface area contributed by atoms with Gasteiger partial charge in [-0.3, -0.25) is 0 Å². The molecule has 0 spiro atoms. The highest BCUT2D eigenvalue weighted by atomic mass is 16.5. The van der Waals surface area contributed by atoms with E-state index in [1.807, 2.05) is 29.9 Å². The van der Waals surface area contributed by atoms with E-state index in [0.717, 1.165) is 52.9 Å². The van der Waals surface area contributed by atoms with Crippen molar-refractivity contribution in [3.8, 4) is 16.9 Å². The van der Waals surface area contributed by atoms with Crippen molar-refractivity contribution in [2.75, 3.05) is 13.7 Å². The van der Waals surface area contributed by atoms with Crippen LogP contribution in [0, 0.1) is 6.92 Å². The van der Waals surface area contributed by atoms with Crippen molar-refractivity contribution in [2.24, 2.45) is 0 Å². The smallest absolute Gasteiger partial charge is 0.150 e. The van der Waals surface area contributed by atoms with E-state index < -0.39 is 0 Å². The molecule has 1 saturated heterocycles. The lowest BCUT2D eigenvalue weighted by Crippen LogP contribution is -2.18. The first-order valence-electron chi connectivity index (χ1n) is 8.37. The second-order valence-corrected chi connectivity index (χ2v) is 6.19. The Bertz CT molecular complexity index is 866. The molecule has 0 N–H and O–H groups in total. The minimum atomic E-state index is 0.0531. The first-order valence-corrected chi connectivity index (χ1v) is 8.37. The molecule has 2 aromatic heterocycles. The van der Waals surface area contributed by atoms with Crippen LogP contribution in [0.15, 0.2) is 36.7 Å². The highest BCUT2D eigenvalue weighted by Crippen LogP contribution is 2.34. The van der Waals surface area contributed by atoms with Crippen LogP contribution in [0.2, 0.25) is 0 Å². The molecule has 1 aliphatic rings. The highest BCUT2D eigenvalue weighted by molar-refractivity contribution is 5.97. The molecule has 0 aliphatic carbocycles. The fourth-order valence-electron chi connectivity index (χ4n) is 3.27. The van der Waals surface area contributed by atoms with Gasteiger partial charge in [-0.05, 0) is 49.9 Å². The number of hydrogen-bond donors (Lipinski definition) is 0. The van der Waals surface area contributed by atoms with Gasteiger partial charge in [0.15, 0.2) is 0 Å². The number of aryl methyl sites for hydroxylation is 1. The Labute approximate surface area is 141 Å². The highest BCUT2D eigenvalue weighted by Gasteiger charge is 2.18. The Morgan fingerprint density at radius 2 is 2.12 bits per heavy atom. The Hall–Kier alpha value is -2.40. The Balaban J connectivity index is 1.78. The van der Waals surface area contributed by atoms with Gasteiger partial charge in [0.2, 0.25) is 0 Å². The van der Waals surface area contributed by atoms with Crippen LogP contribution in [0.1, 0.15) is 31.2 Å². The number of hydrogen-bond acceptors (Lipinski definition) is 4. The van der Waals surface area contributed by atoms with Crippen LogP contribution in [-0.4, -0.2) is 28.5 Å². The average molecular weight is 323 g/mol. The molecule has 1 aromatic carbocycles. The summed E-state index contributed by atoms with van der Waals surface area (Å²) in [6, 6.07) is 8.17. The number of benzene rings is 1. The van der Waals surface area contributed by atoms with Crippen molar-refractivity contribution >= 4 is 10.9 Å². The third-order valence-corrected chi connectivity index (χ3v) is 4.54.